The third kappa shape index (κ3) is 35.8. The molecule has 0 saturated heterocycles. The molecule has 0 aliphatic carbocycles. The van der Waals surface area contributed by atoms with Crippen LogP contribution in [0.4, 0.5) is 0 Å². The van der Waals surface area contributed by atoms with E-state index in [4.69, 9.17) is 18.5 Å². The molecule has 1 N–H and O–H groups in total. The number of allylic oxidation sites excluding steroid dienone is 6. The maximum absolute atomic E-state index is 12.6. The van der Waals surface area contributed by atoms with Gasteiger partial charge in [-0.1, -0.05) is 127 Å². The molecule has 0 aromatic heterocycles. The lowest BCUT2D eigenvalue weighted by Crippen LogP contribution is -2.37. The number of phosphoric acid groups is 1. The number of hydrogen-bond acceptors (Lipinski definition) is 7. The summed E-state index contributed by atoms with van der Waals surface area (Å²) in [4.78, 5) is 35.1. The predicted molar refractivity (Wildman–Crippen MR) is 201 cm³/mol. The highest BCUT2D eigenvalue weighted by Crippen LogP contribution is 2.43. The van der Waals surface area contributed by atoms with Gasteiger partial charge in [0.25, 0.3) is 0 Å². The summed E-state index contributed by atoms with van der Waals surface area (Å²) in [6, 6.07) is 0. The second kappa shape index (κ2) is 32.2. The lowest BCUT2D eigenvalue weighted by Gasteiger charge is -2.24. The minimum atomic E-state index is -4.37. The van der Waals surface area contributed by atoms with Crippen LogP contribution in [0.5, 0.6) is 0 Å². The molecule has 0 heterocycles. The summed E-state index contributed by atoms with van der Waals surface area (Å²) in [6.45, 7) is 4.25. The Bertz CT molecular complexity index is 944. The molecule has 2 atom stereocenters. The van der Waals surface area contributed by atoms with Gasteiger partial charge in [-0.3, -0.25) is 18.6 Å². The molecule has 0 aromatic carbocycles. The van der Waals surface area contributed by atoms with Crippen LogP contribution in [0.2, 0.25) is 0 Å². The Morgan fingerprint density at radius 3 is 1.73 bits per heavy atom. The highest BCUT2D eigenvalue weighted by atomic mass is 31.2. The van der Waals surface area contributed by atoms with Crippen molar-refractivity contribution >= 4 is 19.8 Å². The third-order valence-corrected chi connectivity index (χ3v) is 8.92. The molecule has 9 nitrogen and oxygen atoms in total. The average Bonchev–Trinajstić information content (AvgIpc) is 3.04. The van der Waals surface area contributed by atoms with Crippen LogP contribution in [0.25, 0.3) is 0 Å². The molecule has 1 unspecified atom stereocenters. The first-order chi connectivity index (χ1) is 23.5. The Hall–Kier alpha value is -1.77. The summed E-state index contributed by atoms with van der Waals surface area (Å²) in [5.74, 6) is -0.822. The molecule has 0 fully saturated rings. The number of esters is 2. The summed E-state index contributed by atoms with van der Waals surface area (Å²) in [5, 5.41) is 0. The molecule has 286 valence electrons. The van der Waals surface area contributed by atoms with Crippen LogP contribution in [0, 0.1) is 0 Å². The summed E-state index contributed by atoms with van der Waals surface area (Å²) >= 11 is 0. The Morgan fingerprint density at radius 1 is 0.653 bits per heavy atom. The molecule has 0 rings (SSSR count). The van der Waals surface area contributed by atoms with E-state index in [1.54, 1.807) is 0 Å². The van der Waals surface area contributed by atoms with Crippen LogP contribution in [0.15, 0.2) is 36.5 Å². The largest absolute Gasteiger partial charge is 0.472 e. The SMILES string of the molecule is CC/C=C\C/C=C\C/C=C\CCCCCCCC(=O)OC[C@H](COP(=O)(O)OCC[N+](C)(C)C)OC(=O)CCCCCCCCCCCC. The first-order valence-electron chi connectivity index (χ1n) is 19.2. The smallest absolute Gasteiger partial charge is 0.462 e. The van der Waals surface area contributed by atoms with E-state index in [0.717, 1.165) is 70.6 Å². The molecule has 10 heteroatoms. The maximum atomic E-state index is 12.6. The molecule has 0 aromatic rings. The van der Waals surface area contributed by atoms with Crippen LogP contribution in [0.1, 0.15) is 149 Å². The second-order valence-corrected chi connectivity index (χ2v) is 15.4. The van der Waals surface area contributed by atoms with E-state index in [1.807, 2.05) is 21.1 Å². The minimum Gasteiger partial charge on any atom is -0.462 e. The fourth-order valence-corrected chi connectivity index (χ4v) is 5.65. The third-order valence-electron chi connectivity index (χ3n) is 7.93. The summed E-state index contributed by atoms with van der Waals surface area (Å²) in [7, 11) is 1.46. The highest BCUT2D eigenvalue weighted by Gasteiger charge is 2.27. The number of hydrogen-bond donors (Lipinski definition) is 1. The van der Waals surface area contributed by atoms with E-state index in [-0.39, 0.29) is 32.0 Å². The van der Waals surface area contributed by atoms with Crippen molar-refractivity contribution in [3.63, 3.8) is 0 Å². The molecule has 0 radical (unpaired) electrons. The molecular weight excluding hydrogens is 641 g/mol. The number of quaternary nitrogens is 1. The van der Waals surface area contributed by atoms with Crippen molar-refractivity contribution in [2.45, 2.75) is 155 Å². The zero-order valence-corrected chi connectivity index (χ0v) is 32.8. The molecular formula is C39H73NO8P+. The number of rotatable bonds is 34. The van der Waals surface area contributed by atoms with E-state index in [1.165, 1.54) is 44.9 Å². The van der Waals surface area contributed by atoms with Gasteiger partial charge in [0.15, 0.2) is 6.10 Å². The molecule has 0 saturated carbocycles. The molecule has 0 aliphatic heterocycles. The van der Waals surface area contributed by atoms with Crippen molar-refractivity contribution in [2.24, 2.45) is 0 Å². The number of phosphoric ester groups is 1. The average molecular weight is 715 g/mol. The van der Waals surface area contributed by atoms with Gasteiger partial charge in [-0.2, -0.15) is 0 Å². The normalized spacial score (nSPS) is 14.2. The standard InChI is InChI=1S/C39H72NO8P/c1-6-8-10-12-14-16-18-19-20-21-22-24-25-27-29-31-38(41)45-35-37(36-47-49(43,44)46-34-33-40(3,4)5)48-39(42)32-30-28-26-23-17-15-13-11-9-7-2/h8,10,14,16,19-20,37H,6-7,9,11-13,15,17-18,21-36H2,1-5H3/p+1/b10-8-,16-14-,20-19-/t37-/m1/s1. The van der Waals surface area contributed by atoms with Gasteiger partial charge in [0.05, 0.1) is 27.7 Å². The number of nitrogens with zero attached hydrogens (tertiary/aromatic N) is 1. The maximum Gasteiger partial charge on any atom is 0.472 e. The van der Waals surface area contributed by atoms with E-state index in [0.29, 0.717) is 17.4 Å². The lowest BCUT2D eigenvalue weighted by atomic mass is 10.1. The van der Waals surface area contributed by atoms with Crippen molar-refractivity contribution < 1.29 is 42.1 Å². The second-order valence-electron chi connectivity index (χ2n) is 13.9. The van der Waals surface area contributed by atoms with Crippen LogP contribution in [0.3, 0.4) is 0 Å². The number of likely N-dealkylation sites (N-methyl/N-ethyl adjacent to an activating group) is 1. The fourth-order valence-electron chi connectivity index (χ4n) is 4.91. The number of carbonyl (C=O) groups is 2. The number of unbranched alkanes of at least 4 members (excludes halogenated alkanes) is 14. The summed E-state index contributed by atoms with van der Waals surface area (Å²) < 4.78 is 34.1. The van der Waals surface area contributed by atoms with E-state index < -0.39 is 26.5 Å². The van der Waals surface area contributed by atoms with Gasteiger partial charge in [-0.15, -0.1) is 0 Å². The van der Waals surface area contributed by atoms with Gasteiger partial charge in [0.1, 0.15) is 19.8 Å². The molecule has 0 aliphatic rings. The summed E-state index contributed by atoms with van der Waals surface area (Å²) in [6.07, 6.45) is 33.3. The molecule has 0 spiro atoms. The zero-order valence-electron chi connectivity index (χ0n) is 31.9. The predicted octanol–water partition coefficient (Wildman–Crippen LogP) is 10.2. The van der Waals surface area contributed by atoms with Gasteiger partial charge >= 0.3 is 19.8 Å². The van der Waals surface area contributed by atoms with Crippen LogP contribution in [-0.2, 0) is 32.7 Å². The lowest BCUT2D eigenvalue weighted by molar-refractivity contribution is -0.870. The molecule has 0 bridgehead atoms. The monoisotopic (exact) mass is 715 g/mol. The quantitative estimate of drug-likeness (QED) is 0.0231. The van der Waals surface area contributed by atoms with Crippen LogP contribution < -0.4 is 0 Å². The van der Waals surface area contributed by atoms with Crippen molar-refractivity contribution in [1.29, 1.82) is 0 Å². The Kier molecular flexibility index (Phi) is 31.0. The first-order valence-corrected chi connectivity index (χ1v) is 20.7. The number of carbonyl (C=O) groups excluding carboxylic acids is 2. The Balaban J connectivity index is 4.44. The zero-order chi connectivity index (χ0) is 36.5. The van der Waals surface area contributed by atoms with Crippen LogP contribution >= 0.6 is 7.82 Å². The van der Waals surface area contributed by atoms with E-state index in [9.17, 15) is 19.0 Å². The Morgan fingerprint density at radius 2 is 1.16 bits per heavy atom. The van der Waals surface area contributed by atoms with Crippen LogP contribution in [-0.4, -0.2) is 74.9 Å². The minimum absolute atomic E-state index is 0.0290. The molecule has 0 amide bonds. The van der Waals surface area contributed by atoms with Crippen molar-refractivity contribution in [2.75, 3.05) is 47.5 Å². The highest BCUT2D eigenvalue weighted by molar-refractivity contribution is 7.47. The van der Waals surface area contributed by atoms with Gasteiger partial charge < -0.3 is 18.9 Å². The van der Waals surface area contributed by atoms with Gasteiger partial charge in [-0.05, 0) is 44.9 Å². The fraction of sp³-hybridized carbons (Fsp3) is 0.795. The van der Waals surface area contributed by atoms with Gasteiger partial charge in [-0.25, -0.2) is 4.57 Å². The summed E-state index contributed by atoms with van der Waals surface area (Å²) in [5.41, 5.74) is 0. The molecule has 49 heavy (non-hydrogen) atoms. The Labute approximate surface area is 300 Å². The van der Waals surface area contributed by atoms with E-state index in [2.05, 4.69) is 50.3 Å². The van der Waals surface area contributed by atoms with E-state index >= 15 is 0 Å². The first kappa shape index (κ1) is 47.2. The van der Waals surface area contributed by atoms with Gasteiger partial charge in [0.2, 0.25) is 0 Å². The number of ether oxygens (including phenoxy) is 2. The van der Waals surface area contributed by atoms with Crippen molar-refractivity contribution in [3.05, 3.63) is 36.5 Å². The topological polar surface area (TPSA) is 108 Å². The van der Waals surface area contributed by atoms with Crippen molar-refractivity contribution in [1.82, 2.24) is 0 Å². The van der Waals surface area contributed by atoms with Gasteiger partial charge in [0, 0.05) is 12.8 Å². The van der Waals surface area contributed by atoms with Crippen molar-refractivity contribution in [3.8, 4) is 0 Å².